The molecule has 0 saturated heterocycles. The Labute approximate surface area is 182 Å². The van der Waals surface area contributed by atoms with E-state index >= 15 is 0 Å². The van der Waals surface area contributed by atoms with Crippen molar-refractivity contribution in [1.29, 1.82) is 0 Å². The van der Waals surface area contributed by atoms with Crippen LogP contribution in [0.15, 0.2) is 36.4 Å². The van der Waals surface area contributed by atoms with Crippen LogP contribution in [0.2, 0.25) is 0 Å². The number of nitrogens with one attached hydrogen (secondary N) is 1. The normalized spacial score (nSPS) is 14.4. The number of fused-ring (bicyclic) bond motifs is 1. The summed E-state index contributed by atoms with van der Waals surface area (Å²) in [7, 11) is -3.84. The lowest BCUT2D eigenvalue weighted by molar-refractivity contribution is -0.385. The molecule has 0 aromatic heterocycles. The summed E-state index contributed by atoms with van der Waals surface area (Å²) in [6.45, 7) is 2.86. The minimum atomic E-state index is -3.84. The number of amides is 1. The molecule has 0 aliphatic heterocycles. The number of carbonyl (C=O) groups is 1. The van der Waals surface area contributed by atoms with Crippen LogP contribution in [-0.4, -0.2) is 32.0 Å². The van der Waals surface area contributed by atoms with Crippen molar-refractivity contribution in [3.8, 4) is 0 Å². The monoisotopic (exact) mass is 445 g/mol. The van der Waals surface area contributed by atoms with Crippen LogP contribution < -0.4 is 9.62 Å². The van der Waals surface area contributed by atoms with Gasteiger partial charge in [0.25, 0.3) is 5.69 Å². The number of hydrogen-bond acceptors (Lipinski definition) is 5. The van der Waals surface area contributed by atoms with Gasteiger partial charge in [0, 0.05) is 6.07 Å². The summed E-state index contributed by atoms with van der Waals surface area (Å²) >= 11 is 0. The van der Waals surface area contributed by atoms with Crippen molar-refractivity contribution in [3.63, 3.8) is 0 Å². The summed E-state index contributed by atoms with van der Waals surface area (Å²) in [6.07, 6.45) is 5.42. The van der Waals surface area contributed by atoms with E-state index in [1.165, 1.54) is 42.7 Å². The van der Waals surface area contributed by atoms with E-state index in [0.717, 1.165) is 35.4 Å². The lowest BCUT2D eigenvalue weighted by Crippen LogP contribution is -2.41. The number of sulfonamides is 1. The first-order chi connectivity index (χ1) is 14.6. The minimum Gasteiger partial charge on any atom is -0.348 e. The van der Waals surface area contributed by atoms with Gasteiger partial charge in [-0.2, -0.15) is 0 Å². The lowest BCUT2D eigenvalue weighted by Gasteiger charge is -2.25. The molecule has 2 aromatic rings. The molecule has 1 aliphatic rings. The van der Waals surface area contributed by atoms with Gasteiger partial charge in [-0.05, 0) is 62.3 Å². The molecule has 0 fully saturated rings. The number of anilines is 1. The zero-order chi connectivity index (χ0) is 22.8. The van der Waals surface area contributed by atoms with Crippen LogP contribution in [-0.2, 0) is 27.7 Å². The lowest BCUT2D eigenvalue weighted by atomic mass is 9.89. The summed E-state index contributed by atoms with van der Waals surface area (Å²) in [4.78, 5) is 23.4. The van der Waals surface area contributed by atoms with Crippen LogP contribution in [0.1, 0.15) is 48.1 Å². The van der Waals surface area contributed by atoms with Gasteiger partial charge in [-0.15, -0.1) is 0 Å². The van der Waals surface area contributed by atoms with Crippen LogP contribution in [0.4, 0.5) is 11.4 Å². The number of aryl methyl sites for hydroxylation is 2. The first kappa shape index (κ1) is 22.7. The molecule has 1 aliphatic carbocycles. The van der Waals surface area contributed by atoms with Crippen LogP contribution in [0.25, 0.3) is 0 Å². The van der Waals surface area contributed by atoms with Gasteiger partial charge in [-0.25, -0.2) is 8.42 Å². The molecule has 0 heterocycles. The van der Waals surface area contributed by atoms with Crippen molar-refractivity contribution in [2.75, 3.05) is 17.1 Å². The molecule has 1 atom stereocenters. The van der Waals surface area contributed by atoms with Crippen LogP contribution in [0.3, 0.4) is 0 Å². The van der Waals surface area contributed by atoms with E-state index in [-0.39, 0.29) is 23.0 Å². The number of rotatable bonds is 7. The number of nitro groups is 1. The van der Waals surface area contributed by atoms with Crippen molar-refractivity contribution >= 4 is 27.3 Å². The molecular formula is C22H27N3O5S. The second-order valence-corrected chi connectivity index (χ2v) is 9.88. The van der Waals surface area contributed by atoms with E-state index in [1.807, 2.05) is 13.0 Å². The highest BCUT2D eigenvalue weighted by Crippen LogP contribution is 2.30. The molecule has 0 bridgehead atoms. The predicted octanol–water partition coefficient (Wildman–Crippen LogP) is 3.43. The first-order valence-electron chi connectivity index (χ1n) is 10.2. The summed E-state index contributed by atoms with van der Waals surface area (Å²) < 4.78 is 25.7. The quantitative estimate of drug-likeness (QED) is 0.519. The average molecular weight is 446 g/mol. The average Bonchev–Trinajstić information content (AvgIpc) is 2.71. The van der Waals surface area contributed by atoms with Crippen LogP contribution in [0, 0.1) is 17.0 Å². The van der Waals surface area contributed by atoms with Crippen LogP contribution >= 0.6 is 0 Å². The van der Waals surface area contributed by atoms with Gasteiger partial charge in [0.2, 0.25) is 15.9 Å². The van der Waals surface area contributed by atoms with Crippen LogP contribution in [0.5, 0.6) is 0 Å². The molecule has 0 radical (unpaired) electrons. The molecule has 2 aromatic carbocycles. The molecule has 0 spiro atoms. The Morgan fingerprint density at radius 1 is 1.19 bits per heavy atom. The van der Waals surface area contributed by atoms with Crippen molar-refractivity contribution in [1.82, 2.24) is 5.32 Å². The molecule has 0 saturated carbocycles. The number of benzene rings is 2. The van der Waals surface area contributed by atoms with Crippen molar-refractivity contribution < 1.29 is 18.1 Å². The van der Waals surface area contributed by atoms with E-state index in [9.17, 15) is 23.3 Å². The zero-order valence-corrected chi connectivity index (χ0v) is 18.7. The smallest absolute Gasteiger partial charge is 0.274 e. The maximum atomic E-state index is 12.7. The third kappa shape index (κ3) is 5.22. The Balaban J connectivity index is 1.79. The number of carbonyl (C=O) groups excluding carboxylic acids is 1. The SMILES string of the molecule is Cc1c(N(CC(=O)N[C@H](C)c2ccc3c(c2)CCCC3)S(C)(=O)=O)cccc1[N+](=O)[O-]. The molecule has 8 nitrogen and oxygen atoms in total. The molecule has 31 heavy (non-hydrogen) atoms. The minimum absolute atomic E-state index is 0.119. The van der Waals surface area contributed by atoms with Gasteiger partial charge in [-0.3, -0.25) is 19.2 Å². The van der Waals surface area contributed by atoms with Gasteiger partial charge in [0.15, 0.2) is 0 Å². The van der Waals surface area contributed by atoms with Gasteiger partial charge in [0.05, 0.1) is 28.5 Å². The summed E-state index contributed by atoms with van der Waals surface area (Å²) in [5, 5.41) is 14.1. The topological polar surface area (TPSA) is 110 Å². The van der Waals surface area contributed by atoms with E-state index in [0.29, 0.717) is 0 Å². The van der Waals surface area contributed by atoms with Gasteiger partial charge < -0.3 is 5.32 Å². The molecule has 3 rings (SSSR count). The Morgan fingerprint density at radius 3 is 2.52 bits per heavy atom. The second kappa shape index (κ2) is 9.05. The highest BCUT2D eigenvalue weighted by Gasteiger charge is 2.26. The van der Waals surface area contributed by atoms with E-state index < -0.39 is 27.4 Å². The van der Waals surface area contributed by atoms with Crippen molar-refractivity contribution in [2.24, 2.45) is 0 Å². The Hall–Kier alpha value is -2.94. The molecule has 1 N–H and O–H groups in total. The van der Waals surface area contributed by atoms with Gasteiger partial charge in [-0.1, -0.05) is 24.3 Å². The number of nitro benzene ring substituents is 1. The number of nitrogens with zero attached hydrogens (tertiary/aromatic N) is 2. The van der Waals surface area contributed by atoms with E-state index in [4.69, 9.17) is 0 Å². The molecule has 166 valence electrons. The van der Waals surface area contributed by atoms with E-state index in [2.05, 4.69) is 17.4 Å². The summed E-state index contributed by atoms with van der Waals surface area (Å²) in [6, 6.07) is 10.1. The third-order valence-corrected chi connectivity index (χ3v) is 6.81. The Kier molecular flexibility index (Phi) is 6.64. The fraction of sp³-hybridized carbons (Fsp3) is 0.409. The summed E-state index contributed by atoms with van der Waals surface area (Å²) in [5.74, 6) is -0.485. The molecule has 0 unspecified atom stereocenters. The molecule has 1 amide bonds. The summed E-state index contributed by atoms with van der Waals surface area (Å²) in [5.41, 5.74) is 3.72. The van der Waals surface area contributed by atoms with Gasteiger partial charge >= 0.3 is 0 Å². The Morgan fingerprint density at radius 2 is 1.87 bits per heavy atom. The predicted molar refractivity (Wildman–Crippen MR) is 120 cm³/mol. The maximum absolute atomic E-state index is 12.7. The largest absolute Gasteiger partial charge is 0.348 e. The van der Waals surface area contributed by atoms with Crippen molar-refractivity contribution in [3.05, 3.63) is 68.8 Å². The first-order valence-corrected chi connectivity index (χ1v) is 12.1. The zero-order valence-electron chi connectivity index (χ0n) is 17.9. The highest BCUT2D eigenvalue weighted by atomic mass is 32.2. The standard InChI is InChI=1S/C22H27N3O5S/c1-15-20(9-6-10-21(15)25(27)28)24(31(3,29)30)14-22(26)23-16(2)18-12-11-17-7-4-5-8-19(17)13-18/h6,9-13,16H,4-5,7-8,14H2,1-3H3,(H,23,26)/t16-/m1/s1. The second-order valence-electron chi connectivity index (χ2n) is 7.97. The molecule has 9 heteroatoms. The van der Waals surface area contributed by atoms with Crippen molar-refractivity contribution in [2.45, 2.75) is 45.6 Å². The Bertz CT molecular complexity index is 1110. The van der Waals surface area contributed by atoms with E-state index in [1.54, 1.807) is 0 Å². The number of hydrogen-bond donors (Lipinski definition) is 1. The molecular weight excluding hydrogens is 418 g/mol. The fourth-order valence-electron chi connectivity index (χ4n) is 3.98. The highest BCUT2D eigenvalue weighted by molar-refractivity contribution is 7.92. The van der Waals surface area contributed by atoms with Gasteiger partial charge in [0.1, 0.15) is 6.54 Å². The third-order valence-electron chi connectivity index (χ3n) is 5.68. The fourth-order valence-corrected chi connectivity index (χ4v) is 4.89. The maximum Gasteiger partial charge on any atom is 0.274 e.